The van der Waals surface area contributed by atoms with Gasteiger partial charge in [0, 0.05) is 6.26 Å². The molecule has 2 aromatic carbocycles. The summed E-state index contributed by atoms with van der Waals surface area (Å²) in [5, 5.41) is 13.3. The zero-order valence-electron chi connectivity index (χ0n) is 18.7. The Kier molecular flexibility index (Phi) is 6.58. The van der Waals surface area contributed by atoms with Gasteiger partial charge in [-0.1, -0.05) is 29.8 Å². The lowest BCUT2D eigenvalue weighted by Crippen LogP contribution is -2.35. The molecule has 0 fully saturated rings. The number of carbonyl (C=O) groups excluding carboxylic acids is 1. The number of aliphatic imine (C=N–C) groups is 1. The lowest BCUT2D eigenvalue weighted by molar-refractivity contribution is -0.114. The van der Waals surface area contributed by atoms with Gasteiger partial charge in [-0.2, -0.15) is 10.0 Å². The highest BCUT2D eigenvalue weighted by Crippen LogP contribution is 2.30. The summed E-state index contributed by atoms with van der Waals surface area (Å²) in [6, 6.07) is 13.0. The van der Waals surface area contributed by atoms with E-state index in [9.17, 15) is 13.2 Å². The molecule has 0 aliphatic carbocycles. The van der Waals surface area contributed by atoms with Crippen LogP contribution in [0.5, 0.6) is 11.5 Å². The van der Waals surface area contributed by atoms with E-state index in [1.807, 2.05) is 26.0 Å². The average Bonchev–Trinajstić information content (AvgIpc) is 3.21. The molecule has 1 N–H and O–H groups in total. The van der Waals surface area contributed by atoms with Crippen LogP contribution < -0.4 is 9.47 Å². The predicted octanol–water partition coefficient (Wildman–Crippen LogP) is 3.38. The van der Waals surface area contributed by atoms with Crippen LogP contribution in [0.2, 0.25) is 0 Å². The summed E-state index contributed by atoms with van der Waals surface area (Å²) < 4.78 is 34.8. The zero-order valence-corrected chi connectivity index (χ0v) is 20.4. The van der Waals surface area contributed by atoms with E-state index < -0.39 is 15.7 Å². The van der Waals surface area contributed by atoms with Crippen molar-refractivity contribution in [2.45, 2.75) is 13.8 Å². The fourth-order valence-electron chi connectivity index (χ4n) is 3.22. The topological polar surface area (TPSA) is 121 Å². The van der Waals surface area contributed by atoms with Gasteiger partial charge in [-0.25, -0.2) is 8.42 Å². The van der Waals surface area contributed by atoms with E-state index in [1.54, 1.807) is 24.3 Å². The summed E-state index contributed by atoms with van der Waals surface area (Å²) in [6.45, 7) is 4.79. The number of rotatable bonds is 6. The minimum atomic E-state index is -3.57. The third kappa shape index (κ3) is 5.20. The van der Waals surface area contributed by atoms with E-state index in [0.717, 1.165) is 34.3 Å². The number of hydrazone groups is 1. The van der Waals surface area contributed by atoms with E-state index in [1.165, 1.54) is 11.6 Å². The van der Waals surface area contributed by atoms with Gasteiger partial charge in [0.05, 0.1) is 5.57 Å². The second-order valence-corrected chi connectivity index (χ2v) is 10.8. The molecule has 2 aliphatic heterocycles. The van der Waals surface area contributed by atoms with Gasteiger partial charge >= 0.3 is 0 Å². The molecule has 1 amide bonds. The van der Waals surface area contributed by atoms with Crippen LogP contribution in [-0.4, -0.2) is 54.2 Å². The van der Waals surface area contributed by atoms with E-state index in [-0.39, 0.29) is 21.0 Å². The molecule has 0 aromatic heterocycles. The Balaban J connectivity index is 1.38. The van der Waals surface area contributed by atoms with Crippen LogP contribution in [0.4, 0.5) is 0 Å². The molecular weight excluding hydrogens is 476 g/mol. The van der Waals surface area contributed by atoms with Crippen molar-refractivity contribution in [1.29, 1.82) is 5.41 Å². The summed E-state index contributed by atoms with van der Waals surface area (Å²) in [6.07, 6.45) is 2.52. The van der Waals surface area contributed by atoms with Crippen molar-refractivity contribution >= 4 is 49.0 Å². The Morgan fingerprint density at radius 3 is 2.47 bits per heavy atom. The smallest absolute Gasteiger partial charge is 0.283 e. The van der Waals surface area contributed by atoms with E-state index in [4.69, 9.17) is 14.9 Å². The normalized spacial score (nSPS) is 16.9. The number of nitrogens with zero attached hydrogens (tertiary/aromatic N) is 3. The second kappa shape index (κ2) is 9.43. The minimum Gasteiger partial charge on any atom is -0.490 e. The number of thioether (sulfide) groups is 1. The fourth-order valence-corrected chi connectivity index (χ4v) is 4.91. The third-order valence-corrected chi connectivity index (χ3v) is 7.46. The third-order valence-electron chi connectivity index (χ3n) is 4.88. The number of fused-ring (bicyclic) bond motifs is 1. The van der Waals surface area contributed by atoms with Gasteiger partial charge in [0.15, 0.2) is 5.84 Å². The number of amides is 1. The first-order valence-corrected chi connectivity index (χ1v) is 13.0. The number of aryl methyl sites for hydroxylation is 2. The molecule has 2 aromatic rings. The number of hydrogen-bond donors (Lipinski definition) is 1. The Labute approximate surface area is 201 Å². The number of ether oxygens (including phenoxy) is 2. The first-order valence-electron chi connectivity index (χ1n) is 10.2. The minimum absolute atomic E-state index is 0.0124. The molecule has 0 saturated heterocycles. The molecule has 0 unspecified atom stereocenters. The van der Waals surface area contributed by atoms with Crippen molar-refractivity contribution in [1.82, 2.24) is 5.01 Å². The standard InChI is InChI=1S/C23H22N4O5S2/c1-14-4-9-19(15(2)12-14)32-11-10-31-17-7-5-16(6-8-17)13-18-20(24)27-22(25-21(18)28)33-23(26-27)34(3,29)30/h4-9,12-13,24H,10-11H2,1-3H3/b18-13+,24-20?. The first-order chi connectivity index (χ1) is 16.1. The quantitative estimate of drug-likeness (QED) is 0.479. The maximum absolute atomic E-state index is 12.4. The van der Waals surface area contributed by atoms with Gasteiger partial charge in [-0.05, 0) is 61.0 Å². The molecule has 2 heterocycles. The number of carbonyl (C=O) groups is 1. The van der Waals surface area contributed by atoms with Crippen LogP contribution >= 0.6 is 11.8 Å². The Hall–Kier alpha value is -3.44. The summed E-state index contributed by atoms with van der Waals surface area (Å²) in [5.41, 5.74) is 2.92. The monoisotopic (exact) mass is 498 g/mol. The maximum Gasteiger partial charge on any atom is 0.283 e. The lowest BCUT2D eigenvalue weighted by atomic mass is 10.1. The van der Waals surface area contributed by atoms with E-state index in [2.05, 4.69) is 16.2 Å². The molecule has 0 bridgehead atoms. The van der Waals surface area contributed by atoms with Crippen LogP contribution in [0.1, 0.15) is 16.7 Å². The molecule has 9 nitrogen and oxygen atoms in total. The van der Waals surface area contributed by atoms with Gasteiger partial charge < -0.3 is 9.47 Å². The van der Waals surface area contributed by atoms with Gasteiger partial charge in [-0.3, -0.25) is 10.2 Å². The molecule has 11 heteroatoms. The molecule has 4 rings (SSSR count). The average molecular weight is 499 g/mol. The number of sulfone groups is 1. The molecule has 0 radical (unpaired) electrons. The van der Waals surface area contributed by atoms with Crippen molar-refractivity contribution in [2.75, 3.05) is 19.5 Å². The highest BCUT2D eigenvalue weighted by Gasteiger charge is 2.38. The van der Waals surface area contributed by atoms with Crippen molar-refractivity contribution in [2.24, 2.45) is 10.1 Å². The van der Waals surface area contributed by atoms with Crippen LogP contribution in [0.3, 0.4) is 0 Å². The molecule has 176 valence electrons. The number of benzene rings is 2. The van der Waals surface area contributed by atoms with Crippen LogP contribution in [0, 0.1) is 19.3 Å². The Bertz CT molecular complexity index is 1360. The first kappa shape index (κ1) is 23.7. The van der Waals surface area contributed by atoms with Crippen LogP contribution in [0.15, 0.2) is 58.1 Å². The Morgan fingerprint density at radius 2 is 1.79 bits per heavy atom. The van der Waals surface area contributed by atoms with Crippen LogP contribution in [-0.2, 0) is 14.6 Å². The summed E-state index contributed by atoms with van der Waals surface area (Å²) in [4.78, 5) is 16.3. The second-order valence-electron chi connectivity index (χ2n) is 7.69. The zero-order chi connectivity index (χ0) is 24.5. The highest BCUT2D eigenvalue weighted by molar-refractivity contribution is 8.42. The van der Waals surface area contributed by atoms with Gasteiger partial charge in [0.25, 0.3) is 5.91 Å². The number of nitrogens with one attached hydrogen (secondary N) is 1. The number of hydrogen-bond acceptors (Lipinski definition) is 8. The highest BCUT2D eigenvalue weighted by atomic mass is 32.3. The van der Waals surface area contributed by atoms with Gasteiger partial charge in [-0.15, -0.1) is 5.10 Å². The van der Waals surface area contributed by atoms with E-state index >= 15 is 0 Å². The molecule has 0 spiro atoms. The largest absolute Gasteiger partial charge is 0.490 e. The predicted molar refractivity (Wildman–Crippen MR) is 133 cm³/mol. The van der Waals surface area contributed by atoms with E-state index in [0.29, 0.717) is 24.5 Å². The van der Waals surface area contributed by atoms with Gasteiger partial charge in [0.2, 0.25) is 19.4 Å². The van der Waals surface area contributed by atoms with Gasteiger partial charge in [0.1, 0.15) is 24.7 Å². The SMILES string of the molecule is Cc1ccc(OCCOc2ccc(/C=C3\C(=N)N4N=C(S(C)(=O)=O)SC4=NC3=O)cc2)c(C)c1. The summed E-state index contributed by atoms with van der Waals surface area (Å²) >= 11 is 0.751. The maximum atomic E-state index is 12.4. The lowest BCUT2D eigenvalue weighted by Gasteiger charge is -2.20. The van der Waals surface area contributed by atoms with Crippen molar-refractivity contribution in [3.63, 3.8) is 0 Å². The van der Waals surface area contributed by atoms with Crippen LogP contribution in [0.25, 0.3) is 6.08 Å². The molecule has 0 atom stereocenters. The molecule has 34 heavy (non-hydrogen) atoms. The Morgan fingerprint density at radius 1 is 1.09 bits per heavy atom. The molecular formula is C23H22N4O5S2. The summed E-state index contributed by atoms with van der Waals surface area (Å²) in [7, 11) is -3.57. The number of amidine groups is 2. The van der Waals surface area contributed by atoms with Crippen molar-refractivity contribution in [3.8, 4) is 11.5 Å². The fraction of sp³-hybridized carbons (Fsp3) is 0.217. The summed E-state index contributed by atoms with van der Waals surface area (Å²) in [5.74, 6) is 0.601. The van der Waals surface area contributed by atoms with Crippen molar-refractivity contribution in [3.05, 3.63) is 64.7 Å². The van der Waals surface area contributed by atoms with Crippen molar-refractivity contribution < 1.29 is 22.7 Å². The molecule has 2 aliphatic rings. The molecule has 0 saturated carbocycles.